The number of hydrogen-bond donors (Lipinski definition) is 2. The summed E-state index contributed by atoms with van der Waals surface area (Å²) in [6, 6.07) is 5.45. The minimum atomic E-state index is -0.0995. The normalized spacial score (nSPS) is 11.3. The zero-order valence-electron chi connectivity index (χ0n) is 13.5. The monoisotopic (exact) mass is 293 g/mol. The molecule has 2 N–H and O–H groups in total. The highest BCUT2D eigenvalue weighted by atomic mass is 16.5. The van der Waals surface area contributed by atoms with Crippen molar-refractivity contribution in [2.75, 3.05) is 20.3 Å². The fourth-order valence-electron chi connectivity index (χ4n) is 2.51. The van der Waals surface area contributed by atoms with E-state index < -0.39 is 0 Å². The first-order valence-electron chi connectivity index (χ1n) is 7.55. The number of methoxy groups -OCH3 is 1. The van der Waals surface area contributed by atoms with Gasteiger partial charge >= 0.3 is 0 Å². The van der Waals surface area contributed by atoms with Gasteiger partial charge in [0.15, 0.2) is 0 Å². The average Bonchev–Trinajstić information content (AvgIpc) is 2.51. The molecule has 0 radical (unpaired) electrons. The van der Waals surface area contributed by atoms with Crippen molar-refractivity contribution in [1.29, 1.82) is 0 Å². The molecular weight excluding hydrogens is 266 g/mol. The third-order valence-corrected chi connectivity index (χ3v) is 4.44. The van der Waals surface area contributed by atoms with Gasteiger partial charge in [0.1, 0.15) is 5.75 Å². The van der Waals surface area contributed by atoms with Crippen molar-refractivity contribution in [3.05, 3.63) is 29.3 Å². The number of rotatable bonds is 8. The van der Waals surface area contributed by atoms with E-state index in [1.807, 2.05) is 13.0 Å². The zero-order chi connectivity index (χ0) is 15.9. The number of benzene rings is 1. The molecule has 4 nitrogen and oxygen atoms in total. The van der Waals surface area contributed by atoms with Crippen LogP contribution in [0.2, 0.25) is 0 Å². The smallest absolute Gasteiger partial charge is 0.251 e. The van der Waals surface area contributed by atoms with E-state index in [0.717, 1.165) is 24.2 Å². The van der Waals surface area contributed by atoms with Gasteiger partial charge in [-0.2, -0.15) is 0 Å². The highest BCUT2D eigenvalue weighted by molar-refractivity contribution is 5.94. The van der Waals surface area contributed by atoms with Crippen LogP contribution in [-0.2, 0) is 0 Å². The fourth-order valence-corrected chi connectivity index (χ4v) is 2.51. The SMILES string of the molecule is CCC(CC)(CCO)CNC(=O)c1ccc(C)c(OC)c1. The number of carbonyl (C=O) groups is 1. The Morgan fingerprint density at radius 1 is 1.33 bits per heavy atom. The second-order valence-corrected chi connectivity index (χ2v) is 5.55. The Balaban J connectivity index is 2.76. The maximum Gasteiger partial charge on any atom is 0.251 e. The molecule has 1 aromatic rings. The molecule has 0 aromatic heterocycles. The second kappa shape index (κ2) is 8.03. The lowest BCUT2D eigenvalue weighted by molar-refractivity contribution is 0.0907. The summed E-state index contributed by atoms with van der Waals surface area (Å²) in [4.78, 5) is 12.3. The quantitative estimate of drug-likeness (QED) is 0.775. The van der Waals surface area contributed by atoms with Crippen molar-refractivity contribution in [3.8, 4) is 5.75 Å². The van der Waals surface area contributed by atoms with Gasteiger partial charge in [-0.15, -0.1) is 0 Å². The summed E-state index contributed by atoms with van der Waals surface area (Å²) in [5.41, 5.74) is 1.58. The minimum absolute atomic E-state index is 0.0286. The van der Waals surface area contributed by atoms with Crippen molar-refractivity contribution < 1.29 is 14.6 Å². The molecule has 0 fully saturated rings. The van der Waals surface area contributed by atoms with Crippen LogP contribution in [0.25, 0.3) is 0 Å². The molecule has 1 aromatic carbocycles. The van der Waals surface area contributed by atoms with Gasteiger partial charge in [-0.1, -0.05) is 19.9 Å². The van der Waals surface area contributed by atoms with E-state index in [0.29, 0.717) is 18.5 Å². The van der Waals surface area contributed by atoms with Crippen LogP contribution < -0.4 is 10.1 Å². The molecule has 0 aliphatic rings. The van der Waals surface area contributed by atoms with Crippen LogP contribution in [0.5, 0.6) is 5.75 Å². The van der Waals surface area contributed by atoms with Gasteiger partial charge in [0, 0.05) is 18.7 Å². The van der Waals surface area contributed by atoms with Crippen molar-refractivity contribution >= 4 is 5.91 Å². The molecule has 0 aliphatic heterocycles. The van der Waals surface area contributed by atoms with E-state index in [4.69, 9.17) is 4.74 Å². The number of nitrogens with one attached hydrogen (secondary N) is 1. The number of aliphatic hydroxyl groups is 1. The van der Waals surface area contributed by atoms with Crippen molar-refractivity contribution in [2.24, 2.45) is 5.41 Å². The lowest BCUT2D eigenvalue weighted by Gasteiger charge is -2.31. The third-order valence-electron chi connectivity index (χ3n) is 4.44. The van der Waals surface area contributed by atoms with E-state index in [1.165, 1.54) is 0 Å². The van der Waals surface area contributed by atoms with E-state index in [-0.39, 0.29) is 17.9 Å². The summed E-state index contributed by atoms with van der Waals surface area (Å²) in [6.45, 7) is 6.87. The Morgan fingerprint density at radius 2 is 2.00 bits per heavy atom. The maximum atomic E-state index is 12.3. The van der Waals surface area contributed by atoms with Crippen LogP contribution in [0, 0.1) is 12.3 Å². The molecule has 118 valence electrons. The molecule has 21 heavy (non-hydrogen) atoms. The first kappa shape index (κ1) is 17.5. The molecule has 0 heterocycles. The summed E-state index contributed by atoms with van der Waals surface area (Å²) in [5, 5.41) is 12.2. The Morgan fingerprint density at radius 3 is 2.52 bits per heavy atom. The van der Waals surface area contributed by atoms with Crippen molar-refractivity contribution in [1.82, 2.24) is 5.32 Å². The first-order chi connectivity index (χ1) is 10.0. The zero-order valence-corrected chi connectivity index (χ0v) is 13.5. The summed E-state index contributed by atoms with van der Waals surface area (Å²) in [6.07, 6.45) is 2.57. The topological polar surface area (TPSA) is 58.6 Å². The molecule has 0 spiro atoms. The van der Waals surface area contributed by atoms with Gasteiger partial charge in [0.25, 0.3) is 5.91 Å². The van der Waals surface area contributed by atoms with Crippen LogP contribution >= 0.6 is 0 Å². The number of amides is 1. The van der Waals surface area contributed by atoms with Crippen LogP contribution in [0.3, 0.4) is 0 Å². The average molecular weight is 293 g/mol. The summed E-state index contributed by atoms with van der Waals surface area (Å²) in [7, 11) is 1.60. The largest absolute Gasteiger partial charge is 0.496 e. The lowest BCUT2D eigenvalue weighted by Crippen LogP contribution is -2.37. The van der Waals surface area contributed by atoms with E-state index >= 15 is 0 Å². The van der Waals surface area contributed by atoms with Gasteiger partial charge in [-0.3, -0.25) is 4.79 Å². The number of hydrogen-bond acceptors (Lipinski definition) is 3. The number of ether oxygens (including phenoxy) is 1. The lowest BCUT2D eigenvalue weighted by atomic mass is 9.79. The summed E-state index contributed by atoms with van der Waals surface area (Å²) < 4.78 is 5.25. The molecule has 4 heteroatoms. The first-order valence-corrected chi connectivity index (χ1v) is 7.55. The maximum absolute atomic E-state index is 12.3. The number of aryl methyl sites for hydroxylation is 1. The van der Waals surface area contributed by atoms with Crippen molar-refractivity contribution in [2.45, 2.75) is 40.0 Å². The summed E-state index contributed by atoms with van der Waals surface area (Å²) >= 11 is 0. The van der Waals surface area contributed by atoms with Crippen LogP contribution in [0.4, 0.5) is 0 Å². The van der Waals surface area contributed by atoms with E-state index in [9.17, 15) is 9.90 Å². The molecule has 1 amide bonds. The minimum Gasteiger partial charge on any atom is -0.496 e. The molecule has 0 atom stereocenters. The molecule has 0 saturated carbocycles. The van der Waals surface area contributed by atoms with Gasteiger partial charge in [-0.05, 0) is 49.3 Å². The number of aliphatic hydroxyl groups excluding tert-OH is 1. The van der Waals surface area contributed by atoms with Gasteiger partial charge in [0.2, 0.25) is 0 Å². The fraction of sp³-hybridized carbons (Fsp3) is 0.588. The molecule has 0 aliphatic carbocycles. The second-order valence-electron chi connectivity index (χ2n) is 5.55. The Bertz CT molecular complexity index is 467. The van der Waals surface area contributed by atoms with Gasteiger partial charge in [0.05, 0.1) is 7.11 Å². The predicted molar refractivity (Wildman–Crippen MR) is 84.8 cm³/mol. The predicted octanol–water partition coefficient (Wildman–Crippen LogP) is 2.92. The standard InChI is InChI=1S/C17H27NO3/c1-5-17(6-2,9-10-19)12-18-16(20)14-8-7-13(3)15(11-14)21-4/h7-8,11,19H,5-6,9-10,12H2,1-4H3,(H,18,20). The van der Waals surface area contributed by atoms with Crippen LogP contribution in [0.1, 0.15) is 49.0 Å². The van der Waals surface area contributed by atoms with E-state index in [2.05, 4.69) is 19.2 Å². The molecular formula is C17H27NO3. The third kappa shape index (κ3) is 4.46. The van der Waals surface area contributed by atoms with Crippen LogP contribution in [0.15, 0.2) is 18.2 Å². The molecule has 0 saturated heterocycles. The molecule has 1 rings (SSSR count). The van der Waals surface area contributed by atoms with E-state index in [1.54, 1.807) is 19.2 Å². The van der Waals surface area contributed by atoms with Gasteiger partial charge < -0.3 is 15.2 Å². The Labute approximate surface area is 127 Å². The Hall–Kier alpha value is -1.55. The molecule has 0 unspecified atom stereocenters. The van der Waals surface area contributed by atoms with Crippen molar-refractivity contribution in [3.63, 3.8) is 0 Å². The van der Waals surface area contributed by atoms with Gasteiger partial charge in [-0.25, -0.2) is 0 Å². The Kier molecular flexibility index (Phi) is 6.69. The molecule has 0 bridgehead atoms. The highest BCUT2D eigenvalue weighted by Gasteiger charge is 2.26. The number of carbonyl (C=O) groups excluding carboxylic acids is 1. The summed E-state index contributed by atoms with van der Waals surface area (Å²) in [5.74, 6) is 0.618. The van der Waals surface area contributed by atoms with Crippen LogP contribution in [-0.4, -0.2) is 31.3 Å². The highest BCUT2D eigenvalue weighted by Crippen LogP contribution is 2.29.